The van der Waals surface area contributed by atoms with Gasteiger partial charge in [0.25, 0.3) is 0 Å². The van der Waals surface area contributed by atoms with Crippen LogP contribution in [0.15, 0.2) is 108 Å². The highest BCUT2D eigenvalue weighted by atomic mass is 32.2. The van der Waals surface area contributed by atoms with Crippen molar-refractivity contribution in [1.82, 2.24) is 0 Å². The molecule has 0 amide bonds. The summed E-state index contributed by atoms with van der Waals surface area (Å²) in [5, 5.41) is 1.89. The van der Waals surface area contributed by atoms with Crippen molar-refractivity contribution in [3.63, 3.8) is 0 Å². The molecule has 0 aliphatic carbocycles. The quantitative estimate of drug-likeness (QED) is 0.206. The summed E-state index contributed by atoms with van der Waals surface area (Å²) < 4.78 is 41.9. The van der Waals surface area contributed by atoms with E-state index in [-0.39, 0.29) is 15.5 Å². The largest absolute Gasteiger partial charge is 0.682 e. The fourth-order valence-corrected chi connectivity index (χ4v) is 9.68. The van der Waals surface area contributed by atoms with Crippen molar-refractivity contribution in [2.45, 2.75) is 30.7 Å². The molecule has 39 heavy (non-hydrogen) atoms. The Bertz CT molecular complexity index is 1510. The summed E-state index contributed by atoms with van der Waals surface area (Å²) in [6, 6.07) is 31.5. The van der Waals surface area contributed by atoms with Crippen LogP contribution in [-0.4, -0.2) is 36.1 Å². The van der Waals surface area contributed by atoms with Crippen LogP contribution < -0.4 is 19.5 Å². The van der Waals surface area contributed by atoms with Gasteiger partial charge in [0.1, 0.15) is 19.8 Å². The minimum absolute atomic E-state index is 0.189. The first-order chi connectivity index (χ1) is 18.4. The van der Waals surface area contributed by atoms with Crippen molar-refractivity contribution in [2.24, 2.45) is 0 Å². The monoisotopic (exact) mass is 560 g/mol. The van der Waals surface area contributed by atoms with Crippen molar-refractivity contribution < 1.29 is 27.1 Å². The molecule has 0 bridgehead atoms. The van der Waals surface area contributed by atoms with E-state index in [0.29, 0.717) is 17.2 Å². The highest BCUT2D eigenvalue weighted by molar-refractivity contribution is 7.90. The Morgan fingerprint density at radius 2 is 1.23 bits per heavy atom. The van der Waals surface area contributed by atoms with Crippen LogP contribution in [0.4, 0.5) is 0 Å². The van der Waals surface area contributed by atoms with Gasteiger partial charge in [-0.25, -0.2) is 13.2 Å². The lowest BCUT2D eigenvalue weighted by Gasteiger charge is -2.55. The van der Waals surface area contributed by atoms with E-state index < -0.39 is 24.1 Å². The number of carbonyl (C=O) groups excluding carboxylic acids is 1. The molecule has 8 heteroatoms. The first-order valence-corrected chi connectivity index (χ1v) is 16.3. The molecule has 0 aliphatic rings. The maximum Gasteiger partial charge on any atom is 0.338 e. The number of benzene rings is 4. The van der Waals surface area contributed by atoms with E-state index in [1.165, 1.54) is 19.2 Å². The molecule has 0 unspecified atom stereocenters. The molecule has 4 rings (SSSR count). The van der Waals surface area contributed by atoms with Crippen molar-refractivity contribution in [3.05, 3.63) is 109 Å². The predicted octanol–water partition coefficient (Wildman–Crippen LogP) is 5.61. The van der Waals surface area contributed by atoms with Gasteiger partial charge in [0.05, 0.1) is 23.3 Å². The van der Waals surface area contributed by atoms with Crippen LogP contribution >= 0.6 is 0 Å². The Morgan fingerprint density at radius 1 is 0.718 bits per heavy atom. The van der Waals surface area contributed by atoms with Crippen LogP contribution in [0, 0.1) is 0 Å². The van der Waals surface area contributed by atoms with Crippen LogP contribution in [0.3, 0.4) is 0 Å². The molecular weight excluding hydrogens is 528 g/mol. The van der Waals surface area contributed by atoms with E-state index in [1.54, 1.807) is 30.3 Å². The van der Waals surface area contributed by atoms with E-state index in [4.69, 9.17) is 13.9 Å². The second-order valence-corrected chi connectivity index (χ2v) is 16.5. The molecule has 0 N–H and O–H groups in total. The van der Waals surface area contributed by atoms with Gasteiger partial charge in [-0.2, -0.15) is 0 Å². The number of rotatable bonds is 8. The molecule has 0 spiro atoms. The summed E-state index contributed by atoms with van der Waals surface area (Å²) in [7, 11) is -4.99. The third-order valence-corrected chi connectivity index (χ3v) is 12.6. The lowest BCUT2D eigenvalue weighted by molar-refractivity contribution is 0.0600. The number of carbonyl (C=O) groups is 1. The van der Waals surface area contributed by atoms with Gasteiger partial charge < -0.3 is 13.9 Å². The van der Waals surface area contributed by atoms with E-state index in [2.05, 4.69) is 45.0 Å². The van der Waals surface area contributed by atoms with E-state index in [1.807, 2.05) is 36.4 Å². The van der Waals surface area contributed by atoms with Gasteiger partial charge in [0.15, 0.2) is 9.84 Å². The van der Waals surface area contributed by atoms with Crippen LogP contribution in [0.5, 0.6) is 17.2 Å². The Balaban J connectivity index is 1.85. The lowest BCUT2D eigenvalue weighted by atomic mass is 10.2. The van der Waals surface area contributed by atoms with Gasteiger partial charge in [-0.15, -0.1) is 15.4 Å². The SMILES string of the molecule is COC(=O)c1cc(Oc2ccc(S(C)(=O)=O)cc2)cc(O[Si-](c2ccccc2)(c2ccccc2)C(C)(C)C)c1. The van der Waals surface area contributed by atoms with Gasteiger partial charge in [-0.05, 0) is 36.4 Å². The number of sulfone groups is 1. The Labute approximate surface area is 231 Å². The molecule has 0 aromatic heterocycles. The van der Waals surface area contributed by atoms with Crippen LogP contribution in [-0.2, 0) is 14.6 Å². The fraction of sp³-hybridized carbons (Fsp3) is 0.194. The highest BCUT2D eigenvalue weighted by Gasteiger charge is 2.39. The van der Waals surface area contributed by atoms with Crippen LogP contribution in [0.25, 0.3) is 0 Å². The van der Waals surface area contributed by atoms with E-state index in [0.717, 1.165) is 16.6 Å². The molecule has 4 aromatic rings. The predicted molar refractivity (Wildman–Crippen MR) is 156 cm³/mol. The zero-order chi connectivity index (χ0) is 28.3. The Kier molecular flexibility index (Phi) is 7.99. The minimum Gasteiger partial charge on any atom is -0.682 e. The van der Waals surface area contributed by atoms with Gasteiger partial charge in [-0.3, -0.25) is 0 Å². The molecule has 0 saturated heterocycles. The average molecular weight is 561 g/mol. The topological polar surface area (TPSA) is 78.9 Å². The summed E-state index contributed by atoms with van der Waals surface area (Å²) in [6.07, 6.45) is 1.15. The molecular formula is C31H32O6SSi-. The second-order valence-electron chi connectivity index (χ2n) is 10.3. The number of hydrogen-bond donors (Lipinski definition) is 0. The summed E-state index contributed by atoms with van der Waals surface area (Å²) in [5.41, 5.74) is 0.274. The molecule has 0 atom stereocenters. The molecule has 0 heterocycles. The van der Waals surface area contributed by atoms with Crippen LogP contribution in [0.2, 0.25) is 5.04 Å². The Morgan fingerprint density at radius 3 is 1.69 bits per heavy atom. The Hall–Kier alpha value is -3.88. The molecule has 6 nitrogen and oxygen atoms in total. The highest BCUT2D eigenvalue weighted by Crippen LogP contribution is 2.39. The summed E-state index contributed by atoms with van der Waals surface area (Å²) in [4.78, 5) is 12.8. The third kappa shape index (κ3) is 6.07. The second kappa shape index (κ2) is 11.1. The van der Waals surface area contributed by atoms with E-state index >= 15 is 0 Å². The number of methoxy groups -OCH3 is 1. The number of ether oxygens (including phenoxy) is 2. The molecule has 4 aromatic carbocycles. The molecule has 203 valence electrons. The summed E-state index contributed by atoms with van der Waals surface area (Å²) >= 11 is 0. The van der Waals surface area contributed by atoms with Crippen molar-refractivity contribution in [1.29, 1.82) is 0 Å². The maximum atomic E-state index is 12.6. The molecule has 0 fully saturated rings. The van der Waals surface area contributed by atoms with Gasteiger partial charge >= 0.3 is 5.97 Å². The average Bonchev–Trinajstić information content (AvgIpc) is 2.91. The van der Waals surface area contributed by atoms with Gasteiger partial charge in [0, 0.05) is 12.3 Å². The zero-order valence-electron chi connectivity index (χ0n) is 22.7. The van der Waals surface area contributed by atoms with Crippen molar-refractivity contribution in [3.8, 4) is 17.2 Å². The van der Waals surface area contributed by atoms with Crippen LogP contribution in [0.1, 0.15) is 31.1 Å². The van der Waals surface area contributed by atoms with Gasteiger partial charge in [-0.1, -0.05) is 81.4 Å². The summed E-state index contributed by atoms with van der Waals surface area (Å²) in [5.74, 6) is 0.717. The van der Waals surface area contributed by atoms with Gasteiger partial charge in [0.2, 0.25) is 0 Å². The minimum atomic E-state index is -3.34. The lowest BCUT2D eigenvalue weighted by Crippen LogP contribution is -2.68. The van der Waals surface area contributed by atoms with Crippen molar-refractivity contribution in [2.75, 3.05) is 13.4 Å². The number of esters is 1. The third-order valence-electron chi connectivity index (χ3n) is 6.48. The normalized spacial score (nSPS) is 12.0. The first kappa shape index (κ1) is 28.1. The molecule has 0 saturated carbocycles. The zero-order valence-corrected chi connectivity index (χ0v) is 24.5. The standard InChI is InChI=1S/C31H32O6SSi/c1-31(2,3)39(28-12-8-6-9-13-28,29-14-10-7-11-15-29)37-26-21-23(30(32)35-4)20-25(22-26)36-24-16-18-27(19-17-24)38(5,33)34/h6-22H,1-5H3/q-1. The van der Waals surface area contributed by atoms with E-state index in [9.17, 15) is 13.2 Å². The maximum absolute atomic E-state index is 12.6. The fourth-order valence-electron chi connectivity index (χ4n) is 4.64. The molecule has 0 aliphatic heterocycles. The van der Waals surface area contributed by atoms with Crippen molar-refractivity contribution >= 4 is 34.5 Å². The molecule has 0 radical (unpaired) electrons. The summed E-state index contributed by atoms with van der Waals surface area (Å²) in [6.45, 7) is 6.51. The first-order valence-electron chi connectivity index (χ1n) is 12.5. The number of hydrogen-bond acceptors (Lipinski definition) is 6. The smallest absolute Gasteiger partial charge is 0.338 e.